The maximum Gasteiger partial charge on any atom is 0.130 e. The van der Waals surface area contributed by atoms with Crippen molar-refractivity contribution in [1.29, 1.82) is 0 Å². The number of rotatable bonds is 5. The molecule has 156 valence electrons. The summed E-state index contributed by atoms with van der Waals surface area (Å²) in [5.74, 6) is 0.572. The molecule has 0 unspecified atom stereocenters. The van der Waals surface area contributed by atoms with Crippen LogP contribution >= 0.6 is 0 Å². The second-order valence-electron chi connectivity index (χ2n) is 8.01. The van der Waals surface area contributed by atoms with Crippen molar-refractivity contribution in [2.24, 2.45) is 7.05 Å². The van der Waals surface area contributed by atoms with E-state index in [1.807, 2.05) is 20.0 Å². The molecule has 0 atom stereocenters. The molecule has 0 spiro atoms. The lowest BCUT2D eigenvalue weighted by molar-refractivity contribution is 0.626. The molecule has 0 saturated heterocycles. The zero-order valence-electron chi connectivity index (χ0n) is 17.9. The Bertz CT molecular complexity index is 1410. The van der Waals surface area contributed by atoms with Crippen molar-refractivity contribution in [3.05, 3.63) is 78.1 Å². The monoisotopic (exact) mass is 413 g/mol. The molecule has 0 aliphatic heterocycles. The van der Waals surface area contributed by atoms with Gasteiger partial charge in [-0.1, -0.05) is 6.07 Å². The maximum atomic E-state index is 13.9. The van der Waals surface area contributed by atoms with Crippen LogP contribution in [0.15, 0.2) is 61.1 Å². The molecule has 0 radical (unpaired) electrons. The maximum absolute atomic E-state index is 13.9. The molecule has 6 heteroatoms. The van der Waals surface area contributed by atoms with E-state index in [9.17, 15) is 4.39 Å². The number of nitrogens with one attached hydrogen (secondary N) is 1. The number of anilines is 1. The number of hydrogen-bond acceptors (Lipinski definition) is 3. The van der Waals surface area contributed by atoms with E-state index in [-0.39, 0.29) is 5.82 Å². The number of nitrogens with zero attached hydrogens (tertiary/aromatic N) is 4. The zero-order valence-corrected chi connectivity index (χ0v) is 17.9. The molecule has 5 nitrogen and oxygen atoms in total. The highest BCUT2D eigenvalue weighted by molar-refractivity contribution is 5.86. The van der Waals surface area contributed by atoms with Crippen LogP contribution in [0.3, 0.4) is 0 Å². The SMILES string of the molecule is Cc1cc(F)cc2c1cc(C)n2CCNc1cc(-c2ccc3c(ccn3C)c2)ncn1. The third kappa shape index (κ3) is 3.54. The number of benzene rings is 2. The van der Waals surface area contributed by atoms with E-state index in [0.29, 0.717) is 13.1 Å². The molecular weight excluding hydrogens is 389 g/mol. The van der Waals surface area contributed by atoms with Crippen molar-refractivity contribution < 1.29 is 4.39 Å². The number of hydrogen-bond donors (Lipinski definition) is 1. The molecule has 1 N–H and O–H groups in total. The van der Waals surface area contributed by atoms with Gasteiger partial charge in [-0.2, -0.15) is 0 Å². The summed E-state index contributed by atoms with van der Waals surface area (Å²) in [6.07, 6.45) is 3.64. The van der Waals surface area contributed by atoms with Gasteiger partial charge < -0.3 is 14.5 Å². The van der Waals surface area contributed by atoms with E-state index < -0.39 is 0 Å². The van der Waals surface area contributed by atoms with Gasteiger partial charge >= 0.3 is 0 Å². The molecular formula is C25H24FN5. The van der Waals surface area contributed by atoms with Gasteiger partial charge in [-0.3, -0.25) is 0 Å². The molecule has 0 fully saturated rings. The van der Waals surface area contributed by atoms with Crippen molar-refractivity contribution in [3.8, 4) is 11.3 Å². The zero-order chi connectivity index (χ0) is 21.5. The first-order valence-corrected chi connectivity index (χ1v) is 10.4. The van der Waals surface area contributed by atoms with E-state index in [4.69, 9.17) is 0 Å². The van der Waals surface area contributed by atoms with Crippen LogP contribution in [0.4, 0.5) is 10.2 Å². The molecule has 2 aromatic carbocycles. The van der Waals surface area contributed by atoms with Crippen molar-refractivity contribution in [2.45, 2.75) is 20.4 Å². The number of halogens is 1. The van der Waals surface area contributed by atoms with Gasteiger partial charge in [-0.25, -0.2) is 14.4 Å². The standard InChI is InChI=1S/C25H24FN5/c1-16-10-20(26)13-24-21(16)11-17(2)31(24)9-7-27-25-14-22(28-15-29-25)18-4-5-23-19(12-18)6-8-30(23)3/h4-6,8,10-15H,7,9H2,1-3H3,(H,27,28,29). The van der Waals surface area contributed by atoms with Gasteiger partial charge in [-0.15, -0.1) is 0 Å². The van der Waals surface area contributed by atoms with Crippen LogP contribution in [0.2, 0.25) is 0 Å². The lowest BCUT2D eigenvalue weighted by Crippen LogP contribution is -2.12. The first kappa shape index (κ1) is 19.3. The second-order valence-corrected chi connectivity index (χ2v) is 8.01. The van der Waals surface area contributed by atoms with Crippen molar-refractivity contribution in [2.75, 3.05) is 11.9 Å². The van der Waals surface area contributed by atoms with Crippen LogP contribution < -0.4 is 5.32 Å². The predicted molar refractivity (Wildman–Crippen MR) is 124 cm³/mol. The lowest BCUT2D eigenvalue weighted by atomic mass is 10.1. The highest BCUT2D eigenvalue weighted by atomic mass is 19.1. The van der Waals surface area contributed by atoms with Crippen LogP contribution in [-0.2, 0) is 13.6 Å². The highest BCUT2D eigenvalue weighted by Gasteiger charge is 2.10. The van der Waals surface area contributed by atoms with E-state index in [1.165, 1.54) is 10.9 Å². The molecule has 3 heterocycles. The Morgan fingerprint density at radius 3 is 2.71 bits per heavy atom. The molecule has 3 aromatic heterocycles. The summed E-state index contributed by atoms with van der Waals surface area (Å²) in [5.41, 5.74) is 6.13. The smallest absolute Gasteiger partial charge is 0.130 e. The third-order valence-corrected chi connectivity index (χ3v) is 5.89. The molecule has 0 saturated carbocycles. The van der Waals surface area contributed by atoms with Crippen molar-refractivity contribution in [1.82, 2.24) is 19.1 Å². The van der Waals surface area contributed by atoms with Gasteiger partial charge in [0.2, 0.25) is 0 Å². The van der Waals surface area contributed by atoms with Gasteiger partial charge in [0.05, 0.1) is 11.2 Å². The number of aryl methyl sites for hydroxylation is 3. The van der Waals surface area contributed by atoms with E-state index in [1.54, 1.807) is 18.5 Å². The lowest BCUT2D eigenvalue weighted by Gasteiger charge is -2.11. The third-order valence-electron chi connectivity index (χ3n) is 5.89. The Morgan fingerprint density at radius 2 is 1.84 bits per heavy atom. The second kappa shape index (κ2) is 7.54. The minimum Gasteiger partial charge on any atom is -0.368 e. The Kier molecular flexibility index (Phi) is 4.70. The van der Waals surface area contributed by atoms with Crippen LogP contribution in [0.25, 0.3) is 33.1 Å². The summed E-state index contributed by atoms with van der Waals surface area (Å²) in [6, 6.07) is 15.7. The summed E-state index contributed by atoms with van der Waals surface area (Å²) in [6.45, 7) is 5.39. The molecule has 0 amide bonds. The minimum absolute atomic E-state index is 0.201. The van der Waals surface area contributed by atoms with E-state index in [2.05, 4.69) is 67.9 Å². The molecule has 0 aliphatic rings. The van der Waals surface area contributed by atoms with Gasteiger partial charge in [0.15, 0.2) is 0 Å². The Morgan fingerprint density at radius 1 is 0.968 bits per heavy atom. The topological polar surface area (TPSA) is 47.7 Å². The molecule has 31 heavy (non-hydrogen) atoms. The van der Waals surface area contributed by atoms with Crippen molar-refractivity contribution >= 4 is 27.6 Å². The average Bonchev–Trinajstić information content (AvgIpc) is 3.28. The normalized spacial score (nSPS) is 11.5. The van der Waals surface area contributed by atoms with E-state index >= 15 is 0 Å². The minimum atomic E-state index is -0.201. The van der Waals surface area contributed by atoms with Crippen LogP contribution in [0.1, 0.15) is 11.3 Å². The van der Waals surface area contributed by atoms with Crippen LogP contribution in [-0.4, -0.2) is 25.6 Å². The fourth-order valence-corrected chi connectivity index (χ4v) is 4.27. The van der Waals surface area contributed by atoms with Crippen molar-refractivity contribution in [3.63, 3.8) is 0 Å². The van der Waals surface area contributed by atoms with Gasteiger partial charge in [0.25, 0.3) is 0 Å². The Balaban J connectivity index is 1.35. The van der Waals surface area contributed by atoms with Gasteiger partial charge in [0.1, 0.15) is 18.0 Å². The molecule has 0 aliphatic carbocycles. The quantitative estimate of drug-likeness (QED) is 0.416. The fourth-order valence-electron chi connectivity index (χ4n) is 4.27. The summed E-state index contributed by atoms with van der Waals surface area (Å²) < 4.78 is 18.2. The van der Waals surface area contributed by atoms with Gasteiger partial charge in [-0.05, 0) is 55.8 Å². The van der Waals surface area contributed by atoms with Crippen LogP contribution in [0, 0.1) is 19.7 Å². The fraction of sp³-hybridized carbons (Fsp3) is 0.200. The summed E-state index contributed by atoms with van der Waals surface area (Å²) in [5, 5.41) is 5.67. The van der Waals surface area contributed by atoms with E-state index in [0.717, 1.165) is 39.2 Å². The summed E-state index contributed by atoms with van der Waals surface area (Å²) in [7, 11) is 2.04. The highest BCUT2D eigenvalue weighted by Crippen LogP contribution is 2.26. The Labute approximate surface area is 180 Å². The molecule has 5 rings (SSSR count). The summed E-state index contributed by atoms with van der Waals surface area (Å²) >= 11 is 0. The first-order valence-electron chi connectivity index (χ1n) is 10.4. The first-order chi connectivity index (χ1) is 15.0. The van der Waals surface area contributed by atoms with Gasteiger partial charge in [0, 0.05) is 59.9 Å². The summed E-state index contributed by atoms with van der Waals surface area (Å²) in [4.78, 5) is 8.82. The average molecular weight is 414 g/mol. The molecule has 0 bridgehead atoms. The molecule has 5 aromatic rings. The Hall–Kier alpha value is -3.67. The number of aromatic nitrogens is 4. The van der Waals surface area contributed by atoms with Crippen LogP contribution in [0.5, 0.6) is 0 Å². The number of fused-ring (bicyclic) bond motifs is 2. The predicted octanol–water partition coefficient (Wildman–Crippen LogP) is 5.46. The largest absolute Gasteiger partial charge is 0.368 e.